The van der Waals surface area contributed by atoms with Crippen molar-refractivity contribution in [3.8, 4) is 0 Å². The highest BCUT2D eigenvalue weighted by atomic mass is 32.2. The van der Waals surface area contributed by atoms with E-state index in [1.807, 2.05) is 19.1 Å². The Balaban J connectivity index is 1.47. The van der Waals surface area contributed by atoms with E-state index in [-0.39, 0.29) is 17.3 Å². The zero-order chi connectivity index (χ0) is 27.5. The van der Waals surface area contributed by atoms with Gasteiger partial charge in [0.1, 0.15) is 21.6 Å². The van der Waals surface area contributed by atoms with Gasteiger partial charge in [0, 0.05) is 44.6 Å². The normalized spacial score (nSPS) is 17.2. The van der Waals surface area contributed by atoms with E-state index < -0.39 is 0 Å². The Bertz CT molecular complexity index is 1480. The van der Waals surface area contributed by atoms with E-state index >= 15 is 0 Å². The third-order valence-corrected chi connectivity index (χ3v) is 8.60. The minimum absolute atomic E-state index is 0.151. The van der Waals surface area contributed by atoms with Crippen LogP contribution in [0, 0.1) is 12.7 Å². The van der Waals surface area contributed by atoms with Crippen molar-refractivity contribution in [1.82, 2.24) is 14.3 Å². The number of carbonyl (C=O) groups excluding carboxylic acids is 1. The van der Waals surface area contributed by atoms with Crippen molar-refractivity contribution in [2.45, 2.75) is 39.5 Å². The molecule has 0 spiro atoms. The number of rotatable bonds is 8. The van der Waals surface area contributed by atoms with E-state index in [9.17, 15) is 14.0 Å². The second kappa shape index (κ2) is 11.9. The highest BCUT2D eigenvalue weighted by Crippen LogP contribution is 2.34. The average molecular weight is 566 g/mol. The van der Waals surface area contributed by atoms with Gasteiger partial charge >= 0.3 is 0 Å². The Kier molecular flexibility index (Phi) is 8.32. The molecule has 0 N–H and O–H groups in total. The smallest absolute Gasteiger partial charge is 0.267 e. The molecule has 0 bridgehead atoms. The molecular weight excluding hydrogens is 533 g/mol. The van der Waals surface area contributed by atoms with Crippen LogP contribution in [-0.2, 0) is 4.79 Å². The predicted molar refractivity (Wildman–Crippen MR) is 161 cm³/mol. The Morgan fingerprint density at radius 2 is 1.74 bits per heavy atom. The highest BCUT2D eigenvalue weighted by molar-refractivity contribution is 8.26. The van der Waals surface area contributed by atoms with Crippen molar-refractivity contribution in [1.29, 1.82) is 0 Å². The number of benzene rings is 1. The first-order chi connectivity index (χ1) is 18.9. The number of halogens is 1. The van der Waals surface area contributed by atoms with Crippen molar-refractivity contribution < 1.29 is 9.18 Å². The molecule has 3 aromatic rings. The highest BCUT2D eigenvalue weighted by Gasteiger charge is 2.33. The molecule has 2 aliphatic heterocycles. The average Bonchev–Trinajstić information content (AvgIpc) is 3.20. The predicted octanol–water partition coefficient (Wildman–Crippen LogP) is 5.25. The van der Waals surface area contributed by atoms with Crippen LogP contribution in [0.5, 0.6) is 0 Å². The van der Waals surface area contributed by atoms with Gasteiger partial charge in [0.2, 0.25) is 0 Å². The SMILES string of the molecule is CCCCCCN1C(=O)C(=Cc2c(N3CCN(c4ccc(F)cc4)CC3)nc3c(C)cccn3c2=O)SC1=S. The number of amides is 1. The molecule has 5 rings (SSSR count). The molecule has 2 fully saturated rings. The number of pyridine rings is 1. The molecule has 39 heavy (non-hydrogen) atoms. The standard InChI is InChI=1S/C29H32FN5O2S2/c1-3-4-5-6-13-35-28(37)24(39-29(35)38)19-23-26(31-25-20(2)8-7-14-34(25)27(23)36)33-17-15-32(16-18-33)22-11-9-21(30)10-12-22/h7-12,14,19H,3-6,13,15-18H2,1-2H3. The fraction of sp³-hybridized carbons (Fsp3) is 0.379. The zero-order valence-corrected chi connectivity index (χ0v) is 23.9. The fourth-order valence-electron chi connectivity index (χ4n) is 5.02. The first kappa shape index (κ1) is 27.3. The second-order valence-electron chi connectivity index (χ2n) is 9.88. The Morgan fingerprint density at radius 1 is 1.03 bits per heavy atom. The number of thioether (sulfide) groups is 1. The number of unbranched alkanes of at least 4 members (excludes halogenated alkanes) is 3. The maximum Gasteiger partial charge on any atom is 0.267 e. The third-order valence-electron chi connectivity index (χ3n) is 7.22. The Labute approximate surface area is 237 Å². The summed E-state index contributed by atoms with van der Waals surface area (Å²) < 4.78 is 15.5. The first-order valence-electron chi connectivity index (χ1n) is 13.4. The topological polar surface area (TPSA) is 61.2 Å². The van der Waals surface area contributed by atoms with Gasteiger partial charge in [-0.25, -0.2) is 9.37 Å². The molecule has 0 aliphatic carbocycles. The van der Waals surface area contributed by atoms with Crippen LogP contribution in [-0.4, -0.2) is 57.2 Å². The number of aryl methyl sites for hydroxylation is 1. The van der Waals surface area contributed by atoms with E-state index in [4.69, 9.17) is 17.2 Å². The monoisotopic (exact) mass is 565 g/mol. The Hall–Kier alpha value is -3.24. The molecule has 1 amide bonds. The molecule has 1 aromatic carbocycles. The van der Waals surface area contributed by atoms with E-state index in [2.05, 4.69) is 16.7 Å². The van der Waals surface area contributed by atoms with Gasteiger partial charge in [-0.2, -0.15) is 0 Å². The van der Waals surface area contributed by atoms with Crippen LogP contribution in [0.25, 0.3) is 11.7 Å². The molecule has 7 nitrogen and oxygen atoms in total. The number of thiocarbonyl (C=S) groups is 1. The molecular formula is C29H32FN5O2S2. The van der Waals surface area contributed by atoms with Gasteiger partial charge in [-0.15, -0.1) is 0 Å². The molecule has 0 unspecified atom stereocenters. The molecule has 0 radical (unpaired) electrons. The summed E-state index contributed by atoms with van der Waals surface area (Å²) in [6, 6.07) is 10.3. The van der Waals surface area contributed by atoms with Crippen molar-refractivity contribution in [2.75, 3.05) is 42.5 Å². The minimum atomic E-state index is -0.260. The van der Waals surface area contributed by atoms with Gasteiger partial charge in [-0.3, -0.25) is 18.9 Å². The van der Waals surface area contributed by atoms with Gasteiger partial charge in [-0.05, 0) is 55.3 Å². The van der Waals surface area contributed by atoms with Gasteiger partial charge in [0.25, 0.3) is 11.5 Å². The van der Waals surface area contributed by atoms with Crippen molar-refractivity contribution in [3.63, 3.8) is 0 Å². The van der Waals surface area contributed by atoms with Crippen LogP contribution in [0.2, 0.25) is 0 Å². The summed E-state index contributed by atoms with van der Waals surface area (Å²) in [5.74, 6) is 0.160. The molecule has 10 heteroatoms. The number of anilines is 2. The second-order valence-corrected chi connectivity index (χ2v) is 11.6. The summed E-state index contributed by atoms with van der Waals surface area (Å²) in [7, 11) is 0. The van der Waals surface area contributed by atoms with Gasteiger partial charge in [-0.1, -0.05) is 56.2 Å². The van der Waals surface area contributed by atoms with Crippen LogP contribution in [0.4, 0.5) is 15.9 Å². The number of hydrogen-bond donors (Lipinski definition) is 0. The van der Waals surface area contributed by atoms with E-state index in [1.165, 1.54) is 23.9 Å². The maximum absolute atomic E-state index is 13.8. The molecule has 2 aliphatic rings. The lowest BCUT2D eigenvalue weighted by Gasteiger charge is -2.37. The molecule has 0 atom stereocenters. The van der Waals surface area contributed by atoms with Gasteiger partial charge < -0.3 is 9.80 Å². The number of aromatic nitrogens is 2. The van der Waals surface area contributed by atoms with E-state index in [0.29, 0.717) is 59.0 Å². The molecule has 204 valence electrons. The summed E-state index contributed by atoms with van der Waals surface area (Å²) >= 11 is 6.78. The summed E-state index contributed by atoms with van der Waals surface area (Å²) in [6.45, 7) is 7.33. The van der Waals surface area contributed by atoms with Crippen LogP contribution in [0.15, 0.2) is 52.3 Å². The first-order valence-corrected chi connectivity index (χ1v) is 14.6. The quantitative estimate of drug-likeness (QED) is 0.210. The van der Waals surface area contributed by atoms with Crippen molar-refractivity contribution >= 4 is 57.4 Å². The number of piperazine rings is 1. The van der Waals surface area contributed by atoms with Crippen LogP contribution < -0.4 is 15.4 Å². The minimum Gasteiger partial charge on any atom is -0.368 e. The summed E-state index contributed by atoms with van der Waals surface area (Å²) in [5.41, 5.74) is 2.62. The number of nitrogens with zero attached hydrogens (tertiary/aromatic N) is 5. The van der Waals surface area contributed by atoms with Crippen LogP contribution >= 0.6 is 24.0 Å². The lowest BCUT2D eigenvalue weighted by atomic mass is 10.2. The molecule has 2 aromatic heterocycles. The van der Waals surface area contributed by atoms with Crippen molar-refractivity contribution in [3.05, 3.63) is 74.8 Å². The lowest BCUT2D eigenvalue weighted by molar-refractivity contribution is -0.122. The zero-order valence-electron chi connectivity index (χ0n) is 22.2. The maximum atomic E-state index is 13.8. The van der Waals surface area contributed by atoms with Crippen LogP contribution in [0.1, 0.15) is 43.7 Å². The Morgan fingerprint density at radius 3 is 2.46 bits per heavy atom. The third kappa shape index (κ3) is 5.72. The van der Waals surface area contributed by atoms with E-state index in [0.717, 1.165) is 36.9 Å². The molecule has 2 saturated heterocycles. The van der Waals surface area contributed by atoms with Crippen molar-refractivity contribution in [2.24, 2.45) is 0 Å². The van der Waals surface area contributed by atoms with Gasteiger partial charge in [0.05, 0.1) is 10.5 Å². The fourth-order valence-corrected chi connectivity index (χ4v) is 6.31. The van der Waals surface area contributed by atoms with Gasteiger partial charge in [0.15, 0.2) is 0 Å². The van der Waals surface area contributed by atoms with E-state index in [1.54, 1.807) is 33.7 Å². The number of fused-ring (bicyclic) bond motifs is 1. The summed E-state index contributed by atoms with van der Waals surface area (Å²) in [4.78, 5) is 38.5. The van der Waals surface area contributed by atoms with Crippen LogP contribution in [0.3, 0.4) is 0 Å². The summed E-state index contributed by atoms with van der Waals surface area (Å²) in [6.07, 6.45) is 7.59. The lowest BCUT2D eigenvalue weighted by Crippen LogP contribution is -2.47. The number of carbonyl (C=O) groups is 1. The largest absolute Gasteiger partial charge is 0.368 e. The summed E-state index contributed by atoms with van der Waals surface area (Å²) in [5, 5.41) is 0. The molecule has 4 heterocycles. The molecule has 0 saturated carbocycles. The number of hydrogen-bond acceptors (Lipinski definition) is 7.